The molecule has 0 aromatic heterocycles. The van der Waals surface area contributed by atoms with Crippen LogP contribution in [0.1, 0.15) is 17.5 Å². The van der Waals surface area contributed by atoms with Crippen LogP contribution in [0.25, 0.3) is 0 Å². The zero-order valence-electron chi connectivity index (χ0n) is 13.4. The average Bonchev–Trinajstić information content (AvgIpc) is 2.86. The Balaban J connectivity index is 1.56. The summed E-state index contributed by atoms with van der Waals surface area (Å²) in [6, 6.07) is 13.0. The fourth-order valence-corrected chi connectivity index (χ4v) is 2.82. The van der Waals surface area contributed by atoms with Crippen molar-refractivity contribution in [1.82, 2.24) is 5.32 Å². The smallest absolute Gasteiger partial charge is 0.230 e. The molecule has 0 spiro atoms. The van der Waals surface area contributed by atoms with Crippen LogP contribution in [-0.4, -0.2) is 17.7 Å². The molecule has 128 valence electrons. The van der Waals surface area contributed by atoms with Crippen molar-refractivity contribution in [2.45, 2.75) is 19.3 Å². The van der Waals surface area contributed by atoms with Gasteiger partial charge in [0.2, 0.25) is 17.7 Å². The maximum Gasteiger partial charge on any atom is 0.230 e. The average molecular weight is 340 g/mol. The van der Waals surface area contributed by atoms with Crippen molar-refractivity contribution >= 4 is 23.4 Å². The van der Waals surface area contributed by atoms with Crippen LogP contribution in [0.4, 0.5) is 10.1 Å². The highest BCUT2D eigenvalue weighted by Crippen LogP contribution is 2.19. The summed E-state index contributed by atoms with van der Waals surface area (Å²) in [6.07, 6.45) is 0.782. The molecule has 1 heterocycles. The van der Waals surface area contributed by atoms with E-state index in [4.69, 9.17) is 0 Å². The molecule has 2 aromatic carbocycles. The second-order valence-electron chi connectivity index (χ2n) is 6.07. The Labute approximate surface area is 144 Å². The van der Waals surface area contributed by atoms with Gasteiger partial charge in [0.15, 0.2) is 0 Å². The number of hydrogen-bond acceptors (Lipinski definition) is 3. The highest BCUT2D eigenvalue weighted by Gasteiger charge is 2.30. The Hall–Kier alpha value is -3.02. The maximum atomic E-state index is 13.1. The van der Waals surface area contributed by atoms with E-state index in [0.29, 0.717) is 17.7 Å². The third-order valence-corrected chi connectivity index (χ3v) is 4.04. The first-order chi connectivity index (χ1) is 12.0. The largest absolute Gasteiger partial charge is 0.326 e. The van der Waals surface area contributed by atoms with E-state index >= 15 is 0 Å². The van der Waals surface area contributed by atoms with Crippen molar-refractivity contribution in [3.8, 4) is 0 Å². The number of halogens is 1. The van der Waals surface area contributed by atoms with Crippen molar-refractivity contribution in [3.63, 3.8) is 0 Å². The van der Waals surface area contributed by atoms with Gasteiger partial charge in [0, 0.05) is 12.1 Å². The summed E-state index contributed by atoms with van der Waals surface area (Å²) < 4.78 is 13.1. The van der Waals surface area contributed by atoms with Gasteiger partial charge in [-0.2, -0.15) is 0 Å². The first kappa shape index (κ1) is 16.8. The highest BCUT2D eigenvalue weighted by atomic mass is 19.1. The fourth-order valence-electron chi connectivity index (χ4n) is 2.82. The van der Waals surface area contributed by atoms with Crippen molar-refractivity contribution in [2.24, 2.45) is 5.92 Å². The number of amides is 3. The van der Waals surface area contributed by atoms with Crippen LogP contribution in [0.15, 0.2) is 48.5 Å². The molecule has 2 aromatic rings. The Morgan fingerprint density at radius 2 is 1.88 bits per heavy atom. The quantitative estimate of drug-likeness (QED) is 0.820. The van der Waals surface area contributed by atoms with E-state index in [1.165, 1.54) is 12.1 Å². The molecule has 1 atom stereocenters. The minimum atomic E-state index is -0.371. The van der Waals surface area contributed by atoms with Crippen molar-refractivity contribution in [1.29, 1.82) is 0 Å². The Bertz CT molecular complexity index is 818. The summed E-state index contributed by atoms with van der Waals surface area (Å²) in [5.74, 6) is -1.42. The summed E-state index contributed by atoms with van der Waals surface area (Å²) in [4.78, 5) is 34.8. The van der Waals surface area contributed by atoms with Crippen LogP contribution in [0.2, 0.25) is 0 Å². The van der Waals surface area contributed by atoms with Gasteiger partial charge in [0.1, 0.15) is 5.82 Å². The minimum absolute atomic E-state index is 0.0872. The summed E-state index contributed by atoms with van der Waals surface area (Å²) in [6.45, 7) is 0. The molecule has 0 aliphatic carbocycles. The van der Waals surface area contributed by atoms with E-state index in [1.807, 2.05) is 12.1 Å². The van der Waals surface area contributed by atoms with Gasteiger partial charge in [-0.15, -0.1) is 0 Å². The molecule has 3 rings (SSSR count). The topological polar surface area (TPSA) is 75.3 Å². The second-order valence-corrected chi connectivity index (χ2v) is 6.07. The highest BCUT2D eigenvalue weighted by molar-refractivity contribution is 6.03. The van der Waals surface area contributed by atoms with Crippen LogP contribution < -0.4 is 10.6 Å². The van der Waals surface area contributed by atoms with Gasteiger partial charge in [0.25, 0.3) is 0 Å². The van der Waals surface area contributed by atoms with E-state index in [2.05, 4.69) is 10.6 Å². The molecular formula is C19H17FN2O3. The zero-order valence-corrected chi connectivity index (χ0v) is 13.4. The summed E-state index contributed by atoms with van der Waals surface area (Å²) in [5.41, 5.74) is 2.14. The molecule has 6 heteroatoms. The Morgan fingerprint density at radius 3 is 2.52 bits per heavy atom. The van der Waals surface area contributed by atoms with Crippen LogP contribution in [0, 0.1) is 11.7 Å². The molecule has 1 aliphatic rings. The fraction of sp³-hybridized carbons (Fsp3) is 0.211. The molecule has 3 amide bonds. The lowest BCUT2D eigenvalue weighted by atomic mass is 9.98. The van der Waals surface area contributed by atoms with Gasteiger partial charge in [-0.1, -0.05) is 24.3 Å². The predicted molar refractivity (Wildman–Crippen MR) is 90.1 cm³/mol. The predicted octanol–water partition coefficient (Wildman–Crippen LogP) is 2.21. The lowest BCUT2D eigenvalue weighted by Gasteiger charge is -2.09. The van der Waals surface area contributed by atoms with E-state index in [-0.39, 0.29) is 42.3 Å². The molecule has 0 saturated carbocycles. The zero-order chi connectivity index (χ0) is 17.8. The monoisotopic (exact) mass is 340 g/mol. The van der Waals surface area contributed by atoms with Crippen LogP contribution >= 0.6 is 0 Å². The van der Waals surface area contributed by atoms with Gasteiger partial charge < -0.3 is 5.32 Å². The number of benzene rings is 2. The van der Waals surface area contributed by atoms with Crippen molar-refractivity contribution < 1.29 is 18.8 Å². The van der Waals surface area contributed by atoms with Crippen LogP contribution in [0.3, 0.4) is 0 Å². The lowest BCUT2D eigenvalue weighted by molar-refractivity contribution is -0.125. The first-order valence-electron chi connectivity index (χ1n) is 7.96. The standard InChI is InChI=1S/C19H17FN2O3/c20-15-3-1-2-13(9-15)10-17(23)21-16-6-4-12(5-7-16)8-14-11-18(24)22-19(14)25/h1-7,9,14H,8,10-11H2,(H,21,23)(H,22,24,25). The maximum absolute atomic E-state index is 13.1. The summed E-state index contributed by atoms with van der Waals surface area (Å²) in [7, 11) is 0. The minimum Gasteiger partial charge on any atom is -0.326 e. The van der Waals surface area contributed by atoms with E-state index < -0.39 is 0 Å². The first-order valence-corrected chi connectivity index (χ1v) is 7.96. The van der Waals surface area contributed by atoms with Gasteiger partial charge >= 0.3 is 0 Å². The van der Waals surface area contributed by atoms with Gasteiger partial charge in [-0.25, -0.2) is 4.39 Å². The van der Waals surface area contributed by atoms with Crippen molar-refractivity contribution in [2.75, 3.05) is 5.32 Å². The van der Waals surface area contributed by atoms with Gasteiger partial charge in [0.05, 0.1) is 12.3 Å². The normalized spacial score (nSPS) is 16.6. The molecule has 0 radical (unpaired) electrons. The second kappa shape index (κ2) is 7.25. The summed E-state index contributed by atoms with van der Waals surface area (Å²) >= 11 is 0. The number of rotatable bonds is 5. The summed E-state index contributed by atoms with van der Waals surface area (Å²) in [5, 5.41) is 5.04. The molecule has 1 saturated heterocycles. The number of carbonyl (C=O) groups excluding carboxylic acids is 3. The molecule has 5 nitrogen and oxygen atoms in total. The third kappa shape index (κ3) is 4.50. The Morgan fingerprint density at radius 1 is 1.12 bits per heavy atom. The molecule has 25 heavy (non-hydrogen) atoms. The molecule has 1 aliphatic heterocycles. The molecule has 1 unspecified atom stereocenters. The number of carbonyl (C=O) groups is 3. The van der Waals surface area contributed by atoms with Crippen molar-refractivity contribution in [3.05, 3.63) is 65.5 Å². The SMILES string of the molecule is O=C1CC(Cc2ccc(NC(=O)Cc3cccc(F)c3)cc2)C(=O)N1. The van der Waals surface area contributed by atoms with E-state index in [1.54, 1.807) is 24.3 Å². The molecule has 2 N–H and O–H groups in total. The van der Waals surface area contributed by atoms with Gasteiger partial charge in [-0.05, 0) is 41.8 Å². The number of hydrogen-bond donors (Lipinski definition) is 2. The Kier molecular flexibility index (Phi) is 4.88. The van der Waals surface area contributed by atoms with E-state index in [0.717, 1.165) is 5.56 Å². The van der Waals surface area contributed by atoms with Crippen LogP contribution in [0.5, 0.6) is 0 Å². The third-order valence-electron chi connectivity index (χ3n) is 4.04. The molecule has 0 bridgehead atoms. The number of imide groups is 1. The van der Waals surface area contributed by atoms with E-state index in [9.17, 15) is 18.8 Å². The molecular weight excluding hydrogens is 323 g/mol. The van der Waals surface area contributed by atoms with Crippen LogP contribution in [-0.2, 0) is 27.2 Å². The number of anilines is 1. The van der Waals surface area contributed by atoms with Gasteiger partial charge in [-0.3, -0.25) is 19.7 Å². The number of nitrogens with one attached hydrogen (secondary N) is 2. The molecule has 1 fully saturated rings. The lowest BCUT2D eigenvalue weighted by Crippen LogP contribution is -2.22.